The summed E-state index contributed by atoms with van der Waals surface area (Å²) in [5, 5.41) is 3.10. The van der Waals surface area contributed by atoms with Crippen LogP contribution in [0.3, 0.4) is 0 Å². The van der Waals surface area contributed by atoms with Gasteiger partial charge in [-0.25, -0.2) is 0 Å². The van der Waals surface area contributed by atoms with E-state index in [4.69, 9.17) is 12.2 Å². The van der Waals surface area contributed by atoms with E-state index in [9.17, 15) is 0 Å². The molecule has 5 heteroatoms. The van der Waals surface area contributed by atoms with Crippen molar-refractivity contribution in [2.24, 2.45) is 7.05 Å². The number of aromatic amines is 1. The molecule has 0 aliphatic carbocycles. The molecule has 0 fully saturated rings. The van der Waals surface area contributed by atoms with Crippen LogP contribution in [0.2, 0.25) is 0 Å². The van der Waals surface area contributed by atoms with Gasteiger partial charge in [-0.1, -0.05) is 18.2 Å². The number of aryl methyl sites for hydroxylation is 1. The van der Waals surface area contributed by atoms with E-state index in [2.05, 4.69) is 32.7 Å². The second-order valence-electron chi connectivity index (χ2n) is 2.89. The quantitative estimate of drug-likeness (QED) is 0.648. The summed E-state index contributed by atoms with van der Waals surface area (Å²) in [4.78, 5) is 4.26. The number of rotatable bonds is 1. The maximum atomic E-state index is 5.04. The van der Waals surface area contributed by atoms with Gasteiger partial charge in [-0.2, -0.15) is 4.98 Å². The summed E-state index contributed by atoms with van der Waals surface area (Å²) in [7, 11) is 1.86. The normalized spacial score (nSPS) is 10.4. The van der Waals surface area contributed by atoms with E-state index in [1.165, 1.54) is 0 Å². The molecule has 0 saturated carbocycles. The number of benzene rings is 1. The molecular formula is C9H8IN3S. The van der Waals surface area contributed by atoms with E-state index in [0.29, 0.717) is 4.77 Å². The monoisotopic (exact) mass is 317 g/mol. The third kappa shape index (κ3) is 1.74. The second-order valence-corrected chi connectivity index (χ2v) is 4.42. The van der Waals surface area contributed by atoms with Gasteiger partial charge in [0.05, 0.1) is 0 Å². The largest absolute Gasteiger partial charge is 0.279 e. The Morgan fingerprint density at radius 3 is 2.71 bits per heavy atom. The number of hydrogen-bond acceptors (Lipinski definition) is 2. The molecule has 14 heavy (non-hydrogen) atoms. The predicted octanol–water partition coefficient (Wildman–Crippen LogP) is 2.75. The van der Waals surface area contributed by atoms with E-state index in [1.54, 1.807) is 4.68 Å². The minimum Gasteiger partial charge on any atom is -0.279 e. The van der Waals surface area contributed by atoms with Crippen LogP contribution in [0.4, 0.5) is 0 Å². The molecule has 0 amide bonds. The topological polar surface area (TPSA) is 33.6 Å². The Labute approximate surface area is 100 Å². The fourth-order valence-corrected chi connectivity index (χ4v) is 1.96. The molecule has 0 aliphatic heterocycles. The predicted molar refractivity (Wildman–Crippen MR) is 66.5 cm³/mol. The molecule has 1 heterocycles. The van der Waals surface area contributed by atoms with Crippen LogP contribution in [0.5, 0.6) is 0 Å². The van der Waals surface area contributed by atoms with Crippen LogP contribution < -0.4 is 0 Å². The van der Waals surface area contributed by atoms with Crippen molar-refractivity contribution < 1.29 is 0 Å². The lowest BCUT2D eigenvalue weighted by molar-refractivity contribution is 0.756. The molecule has 0 saturated heterocycles. The lowest BCUT2D eigenvalue weighted by Crippen LogP contribution is -1.90. The first-order chi connectivity index (χ1) is 6.68. The van der Waals surface area contributed by atoms with Gasteiger partial charge in [-0.05, 0) is 40.9 Å². The molecule has 1 aromatic heterocycles. The number of H-pyrrole nitrogens is 1. The summed E-state index contributed by atoms with van der Waals surface area (Å²) in [6, 6.07) is 8.06. The van der Waals surface area contributed by atoms with Crippen molar-refractivity contribution in [2.45, 2.75) is 0 Å². The molecule has 1 aromatic carbocycles. The van der Waals surface area contributed by atoms with Gasteiger partial charge in [-0.3, -0.25) is 9.78 Å². The minimum absolute atomic E-state index is 0.569. The molecule has 2 rings (SSSR count). The summed E-state index contributed by atoms with van der Waals surface area (Å²) in [6.45, 7) is 0. The zero-order valence-electron chi connectivity index (χ0n) is 7.49. The number of hydrogen-bond donors (Lipinski definition) is 1. The fourth-order valence-electron chi connectivity index (χ4n) is 1.18. The molecule has 1 N–H and O–H groups in total. The van der Waals surface area contributed by atoms with E-state index in [-0.39, 0.29) is 0 Å². The van der Waals surface area contributed by atoms with Crippen LogP contribution >= 0.6 is 34.8 Å². The fraction of sp³-hybridized carbons (Fsp3) is 0.111. The molecule has 2 aromatic rings. The lowest BCUT2D eigenvalue weighted by Gasteiger charge is -1.98. The van der Waals surface area contributed by atoms with Crippen molar-refractivity contribution in [3.8, 4) is 11.4 Å². The van der Waals surface area contributed by atoms with Crippen LogP contribution in [-0.4, -0.2) is 14.8 Å². The molecule has 0 bridgehead atoms. The van der Waals surface area contributed by atoms with Gasteiger partial charge < -0.3 is 0 Å². The zero-order valence-corrected chi connectivity index (χ0v) is 10.5. The lowest BCUT2D eigenvalue weighted by atomic mass is 10.2. The Bertz CT molecular complexity index is 515. The third-order valence-electron chi connectivity index (χ3n) is 1.90. The van der Waals surface area contributed by atoms with Crippen molar-refractivity contribution in [1.82, 2.24) is 14.8 Å². The Kier molecular flexibility index (Phi) is 2.69. The molecule has 72 valence electrons. The maximum absolute atomic E-state index is 5.04. The Balaban J connectivity index is 2.60. The van der Waals surface area contributed by atoms with E-state index < -0.39 is 0 Å². The Hall–Kier alpha value is -0.690. The highest BCUT2D eigenvalue weighted by molar-refractivity contribution is 14.1. The van der Waals surface area contributed by atoms with Crippen LogP contribution in [0.15, 0.2) is 24.3 Å². The highest BCUT2D eigenvalue weighted by atomic mass is 127. The number of aromatic nitrogens is 3. The maximum Gasteiger partial charge on any atom is 0.216 e. The highest BCUT2D eigenvalue weighted by Gasteiger charge is 2.05. The standard InChI is InChI=1S/C9H8IN3S/c1-13-9(14)11-8(12-13)6-4-2-3-5-7(6)10/h2-5H,1H3,(H,11,12,14). The molecule has 0 unspecified atom stereocenters. The molecule has 0 spiro atoms. The summed E-state index contributed by atoms with van der Waals surface area (Å²) >= 11 is 7.32. The minimum atomic E-state index is 0.569. The third-order valence-corrected chi connectivity index (χ3v) is 3.20. The van der Waals surface area contributed by atoms with E-state index in [0.717, 1.165) is 15.0 Å². The number of nitrogens with zero attached hydrogens (tertiary/aromatic N) is 2. The molecule has 0 atom stereocenters. The van der Waals surface area contributed by atoms with E-state index in [1.807, 2.05) is 31.3 Å². The van der Waals surface area contributed by atoms with E-state index >= 15 is 0 Å². The van der Waals surface area contributed by atoms with Gasteiger partial charge in [-0.15, -0.1) is 0 Å². The van der Waals surface area contributed by atoms with Crippen molar-refractivity contribution in [3.05, 3.63) is 32.6 Å². The van der Waals surface area contributed by atoms with Crippen LogP contribution in [0, 0.1) is 8.34 Å². The first-order valence-electron chi connectivity index (χ1n) is 4.06. The van der Waals surface area contributed by atoms with Gasteiger partial charge in [0.2, 0.25) is 4.77 Å². The summed E-state index contributed by atoms with van der Waals surface area (Å²) in [6.07, 6.45) is 0. The Morgan fingerprint density at radius 1 is 1.43 bits per heavy atom. The average molecular weight is 317 g/mol. The number of halogens is 1. The highest BCUT2D eigenvalue weighted by Crippen LogP contribution is 2.21. The molecule has 0 aliphatic rings. The summed E-state index contributed by atoms with van der Waals surface area (Å²) < 4.78 is 3.46. The van der Waals surface area contributed by atoms with Gasteiger partial charge in [0, 0.05) is 16.2 Å². The second kappa shape index (κ2) is 3.82. The van der Waals surface area contributed by atoms with Crippen molar-refractivity contribution in [2.75, 3.05) is 0 Å². The van der Waals surface area contributed by atoms with Crippen molar-refractivity contribution in [3.63, 3.8) is 0 Å². The van der Waals surface area contributed by atoms with Crippen LogP contribution in [0.25, 0.3) is 11.4 Å². The summed E-state index contributed by atoms with van der Waals surface area (Å²) in [5.41, 5.74) is 1.08. The molecule has 0 radical (unpaired) electrons. The molecule has 3 nitrogen and oxygen atoms in total. The van der Waals surface area contributed by atoms with Gasteiger partial charge in [0.15, 0.2) is 5.82 Å². The average Bonchev–Trinajstić information content (AvgIpc) is 2.48. The smallest absolute Gasteiger partial charge is 0.216 e. The van der Waals surface area contributed by atoms with Crippen LogP contribution in [-0.2, 0) is 7.05 Å². The SMILES string of the molecule is Cn1[nH]c(-c2ccccc2I)nc1=S. The van der Waals surface area contributed by atoms with Gasteiger partial charge in [0.25, 0.3) is 0 Å². The zero-order chi connectivity index (χ0) is 10.1. The number of nitrogens with one attached hydrogen (secondary N) is 1. The van der Waals surface area contributed by atoms with Crippen molar-refractivity contribution >= 4 is 34.8 Å². The van der Waals surface area contributed by atoms with Gasteiger partial charge in [0.1, 0.15) is 0 Å². The Morgan fingerprint density at radius 2 is 2.14 bits per heavy atom. The first kappa shape index (κ1) is 9.85. The van der Waals surface area contributed by atoms with Crippen LogP contribution in [0.1, 0.15) is 0 Å². The molecular weight excluding hydrogens is 309 g/mol. The van der Waals surface area contributed by atoms with Crippen molar-refractivity contribution in [1.29, 1.82) is 0 Å². The van der Waals surface area contributed by atoms with Gasteiger partial charge >= 0.3 is 0 Å². The summed E-state index contributed by atoms with van der Waals surface area (Å²) in [5.74, 6) is 0.822. The first-order valence-corrected chi connectivity index (χ1v) is 5.55.